The Labute approximate surface area is 160 Å². The fourth-order valence-electron chi connectivity index (χ4n) is 2.72. The summed E-state index contributed by atoms with van der Waals surface area (Å²) in [4.78, 5) is 30.1. The number of rotatable bonds is 7. The van der Waals surface area contributed by atoms with Crippen molar-refractivity contribution in [2.45, 2.75) is 19.5 Å². The number of methoxy groups -OCH3 is 2. The summed E-state index contributed by atoms with van der Waals surface area (Å²) in [7, 11) is 3.19. The van der Waals surface area contributed by atoms with Crippen LogP contribution in [0.25, 0.3) is 20.7 Å². The number of hydrogen-bond donors (Lipinski definition) is 1. The second-order valence-electron chi connectivity index (χ2n) is 6.16. The summed E-state index contributed by atoms with van der Waals surface area (Å²) in [5.74, 6) is 0.517. The fraction of sp³-hybridized carbons (Fsp3) is 0.316. The van der Waals surface area contributed by atoms with E-state index in [9.17, 15) is 9.59 Å². The Balaban J connectivity index is 1.84. The average Bonchev–Trinajstić information content (AvgIpc) is 3.09. The summed E-state index contributed by atoms with van der Waals surface area (Å²) in [5, 5.41) is 2.79. The number of thiophene rings is 1. The number of amides is 1. The van der Waals surface area contributed by atoms with Gasteiger partial charge in [-0.05, 0) is 42.8 Å². The van der Waals surface area contributed by atoms with Crippen LogP contribution in [0.4, 0.5) is 0 Å². The second kappa shape index (κ2) is 8.32. The van der Waals surface area contributed by atoms with Crippen LogP contribution < -0.4 is 15.6 Å². The first kappa shape index (κ1) is 19.1. The molecule has 0 saturated carbocycles. The molecule has 0 aliphatic rings. The first-order chi connectivity index (χ1) is 13.0. The van der Waals surface area contributed by atoms with Gasteiger partial charge in [-0.1, -0.05) is 0 Å². The van der Waals surface area contributed by atoms with E-state index in [1.807, 2.05) is 37.3 Å². The minimum atomic E-state index is -0.255. The number of carbonyl (C=O) groups is 1. The highest BCUT2D eigenvalue weighted by Gasteiger charge is 2.13. The number of aromatic nitrogens is 2. The van der Waals surface area contributed by atoms with Crippen LogP contribution in [0, 0.1) is 0 Å². The predicted octanol–water partition coefficient (Wildman–Crippen LogP) is 2.28. The Hall–Kier alpha value is -2.71. The summed E-state index contributed by atoms with van der Waals surface area (Å²) in [6, 6.07) is 9.38. The lowest BCUT2D eigenvalue weighted by molar-refractivity contribution is -0.122. The maximum absolute atomic E-state index is 12.7. The van der Waals surface area contributed by atoms with Crippen molar-refractivity contribution >= 4 is 27.5 Å². The quantitative estimate of drug-likeness (QED) is 0.673. The molecule has 0 aliphatic carbocycles. The third kappa shape index (κ3) is 4.35. The van der Waals surface area contributed by atoms with E-state index < -0.39 is 0 Å². The number of nitrogens with one attached hydrogen (secondary N) is 1. The first-order valence-electron chi connectivity index (χ1n) is 8.43. The van der Waals surface area contributed by atoms with Gasteiger partial charge >= 0.3 is 0 Å². The lowest BCUT2D eigenvalue weighted by atomic mass is 10.2. The van der Waals surface area contributed by atoms with Crippen molar-refractivity contribution in [2.24, 2.45) is 0 Å². The Morgan fingerprint density at radius 1 is 1.30 bits per heavy atom. The molecule has 2 aromatic heterocycles. The molecule has 1 aromatic carbocycles. The Kier molecular flexibility index (Phi) is 5.88. The molecule has 0 fully saturated rings. The molecule has 0 aliphatic heterocycles. The molecule has 8 heteroatoms. The third-order valence-electron chi connectivity index (χ3n) is 4.02. The van der Waals surface area contributed by atoms with Crippen molar-refractivity contribution in [3.05, 3.63) is 47.0 Å². The Morgan fingerprint density at radius 2 is 2.04 bits per heavy atom. The molecule has 142 valence electrons. The zero-order valence-corrected chi connectivity index (χ0v) is 16.2. The third-order valence-corrected chi connectivity index (χ3v) is 5.18. The molecule has 1 amide bonds. The van der Waals surface area contributed by atoms with Gasteiger partial charge in [0.1, 0.15) is 17.0 Å². The largest absolute Gasteiger partial charge is 0.497 e. The standard InChI is InChI=1S/C19H21N3O4S/c1-12(10-25-2)21-17(23)9-22-11-20-15-8-16(27-18(15)19(22)24)13-4-6-14(26-3)7-5-13/h4-8,11-12H,9-10H2,1-3H3,(H,21,23). The van der Waals surface area contributed by atoms with Gasteiger partial charge in [-0.2, -0.15) is 0 Å². The maximum Gasteiger partial charge on any atom is 0.271 e. The number of fused-ring (bicyclic) bond motifs is 1. The van der Waals surface area contributed by atoms with Crippen molar-refractivity contribution in [3.63, 3.8) is 0 Å². The lowest BCUT2D eigenvalue weighted by Crippen LogP contribution is -2.39. The van der Waals surface area contributed by atoms with Crippen LogP contribution in [0.2, 0.25) is 0 Å². The number of benzene rings is 1. The predicted molar refractivity (Wildman–Crippen MR) is 105 cm³/mol. The molecule has 2 heterocycles. The number of ether oxygens (including phenoxy) is 2. The molecule has 3 rings (SSSR count). The number of carbonyl (C=O) groups excluding carboxylic acids is 1. The SMILES string of the molecule is COCC(C)NC(=O)Cn1cnc2cc(-c3ccc(OC)cc3)sc2c1=O. The van der Waals surface area contributed by atoms with Gasteiger partial charge in [0.15, 0.2) is 0 Å². The molecule has 1 atom stereocenters. The van der Waals surface area contributed by atoms with Crippen LogP contribution in [0.3, 0.4) is 0 Å². The second-order valence-corrected chi connectivity index (χ2v) is 7.21. The highest BCUT2D eigenvalue weighted by Crippen LogP contribution is 2.31. The Bertz CT molecular complexity index is 994. The van der Waals surface area contributed by atoms with E-state index in [0.717, 1.165) is 16.2 Å². The van der Waals surface area contributed by atoms with Crippen LogP contribution >= 0.6 is 11.3 Å². The van der Waals surface area contributed by atoms with Crippen LogP contribution in [0.5, 0.6) is 5.75 Å². The zero-order valence-electron chi connectivity index (χ0n) is 15.4. The Morgan fingerprint density at radius 3 is 2.70 bits per heavy atom. The number of hydrogen-bond acceptors (Lipinski definition) is 6. The van der Waals surface area contributed by atoms with Gasteiger partial charge in [0.05, 0.1) is 25.6 Å². The van der Waals surface area contributed by atoms with Crippen molar-refractivity contribution in [1.82, 2.24) is 14.9 Å². The smallest absolute Gasteiger partial charge is 0.271 e. The minimum absolute atomic E-state index is 0.0778. The molecular weight excluding hydrogens is 366 g/mol. The molecular formula is C19H21N3O4S. The van der Waals surface area contributed by atoms with E-state index in [1.165, 1.54) is 22.2 Å². The first-order valence-corrected chi connectivity index (χ1v) is 9.25. The molecule has 0 bridgehead atoms. The van der Waals surface area contributed by atoms with Crippen molar-refractivity contribution in [3.8, 4) is 16.2 Å². The normalized spacial score (nSPS) is 12.1. The average molecular weight is 387 g/mol. The molecule has 7 nitrogen and oxygen atoms in total. The van der Waals surface area contributed by atoms with E-state index >= 15 is 0 Å². The fourth-order valence-corrected chi connectivity index (χ4v) is 3.79. The van der Waals surface area contributed by atoms with E-state index in [4.69, 9.17) is 9.47 Å². The van der Waals surface area contributed by atoms with E-state index in [2.05, 4.69) is 10.3 Å². The van der Waals surface area contributed by atoms with E-state index in [1.54, 1.807) is 14.2 Å². The van der Waals surface area contributed by atoms with Gasteiger partial charge < -0.3 is 14.8 Å². The molecule has 0 radical (unpaired) electrons. The zero-order chi connectivity index (χ0) is 19.4. The van der Waals surface area contributed by atoms with Gasteiger partial charge in [0.25, 0.3) is 5.56 Å². The summed E-state index contributed by atoms with van der Waals surface area (Å²) in [6.07, 6.45) is 1.41. The van der Waals surface area contributed by atoms with E-state index in [-0.39, 0.29) is 24.1 Å². The topological polar surface area (TPSA) is 82.4 Å². The molecule has 27 heavy (non-hydrogen) atoms. The van der Waals surface area contributed by atoms with Crippen LogP contribution in [-0.2, 0) is 16.1 Å². The van der Waals surface area contributed by atoms with Crippen molar-refractivity contribution in [1.29, 1.82) is 0 Å². The highest BCUT2D eigenvalue weighted by molar-refractivity contribution is 7.22. The molecule has 0 spiro atoms. The van der Waals surface area contributed by atoms with Crippen LogP contribution in [-0.4, -0.2) is 42.3 Å². The molecule has 3 aromatic rings. The summed E-state index contributed by atoms with van der Waals surface area (Å²) in [6.45, 7) is 2.17. The van der Waals surface area contributed by atoms with Crippen LogP contribution in [0.1, 0.15) is 6.92 Å². The van der Waals surface area contributed by atoms with Gasteiger partial charge in [-0.25, -0.2) is 4.98 Å². The van der Waals surface area contributed by atoms with Crippen molar-refractivity contribution in [2.75, 3.05) is 20.8 Å². The van der Waals surface area contributed by atoms with Gasteiger partial charge in [0.2, 0.25) is 5.91 Å². The van der Waals surface area contributed by atoms with Gasteiger partial charge in [0, 0.05) is 18.0 Å². The van der Waals surface area contributed by atoms with E-state index in [0.29, 0.717) is 16.8 Å². The summed E-state index contributed by atoms with van der Waals surface area (Å²) >= 11 is 1.37. The number of nitrogens with zero attached hydrogens (tertiary/aromatic N) is 2. The minimum Gasteiger partial charge on any atom is -0.497 e. The monoisotopic (exact) mass is 387 g/mol. The lowest BCUT2D eigenvalue weighted by Gasteiger charge is -2.13. The molecule has 1 N–H and O–H groups in total. The molecule has 0 saturated heterocycles. The van der Waals surface area contributed by atoms with Crippen molar-refractivity contribution < 1.29 is 14.3 Å². The summed E-state index contributed by atoms with van der Waals surface area (Å²) < 4.78 is 12.0. The van der Waals surface area contributed by atoms with Gasteiger partial charge in [-0.15, -0.1) is 11.3 Å². The molecule has 1 unspecified atom stereocenters. The maximum atomic E-state index is 12.7. The summed E-state index contributed by atoms with van der Waals surface area (Å²) in [5.41, 5.74) is 1.38. The van der Waals surface area contributed by atoms with Gasteiger partial charge in [-0.3, -0.25) is 14.2 Å². The van der Waals surface area contributed by atoms with Crippen LogP contribution in [0.15, 0.2) is 41.5 Å². The highest BCUT2D eigenvalue weighted by atomic mass is 32.1.